The predicted octanol–water partition coefficient (Wildman–Crippen LogP) is 0.00150. The molecule has 3 aromatic rings. The van der Waals surface area contributed by atoms with E-state index < -0.39 is 11.2 Å². The Labute approximate surface area is 93.6 Å². The second kappa shape index (κ2) is 3.41. The highest BCUT2D eigenvalue weighted by atomic mass is 16.2. The molecule has 7 heteroatoms. The Hall–Kier alpha value is -2.70. The summed E-state index contributed by atoms with van der Waals surface area (Å²) in [6.45, 7) is 0. The lowest BCUT2D eigenvalue weighted by Gasteiger charge is -1.92. The Kier molecular flexibility index (Phi) is 1.91. The monoisotopic (exact) mass is 229 g/mol. The van der Waals surface area contributed by atoms with Gasteiger partial charge in [-0.15, -0.1) is 0 Å². The zero-order chi connectivity index (χ0) is 11.8. The van der Waals surface area contributed by atoms with Crippen molar-refractivity contribution < 1.29 is 0 Å². The van der Waals surface area contributed by atoms with E-state index in [1.165, 1.54) is 0 Å². The van der Waals surface area contributed by atoms with Crippen LogP contribution in [0.5, 0.6) is 0 Å². The molecular weight excluding hydrogens is 222 g/mol. The number of rotatable bonds is 1. The molecule has 3 rings (SSSR count). The highest BCUT2D eigenvalue weighted by molar-refractivity contribution is 5.74. The molecule has 0 aromatic carbocycles. The molecule has 0 bridgehead atoms. The van der Waals surface area contributed by atoms with Gasteiger partial charge in [-0.1, -0.05) is 0 Å². The van der Waals surface area contributed by atoms with Gasteiger partial charge in [-0.3, -0.25) is 19.7 Å². The van der Waals surface area contributed by atoms with Gasteiger partial charge < -0.3 is 4.98 Å². The molecule has 84 valence electrons. The standard InChI is InChI=1S/C10H7N5O2/c16-9-6-8(14-10(17)15-9)13-7(12-6)5-2-1-3-11-4-5/h1-4H,(H3,12,13,14,15,16,17). The van der Waals surface area contributed by atoms with Crippen LogP contribution in [0.3, 0.4) is 0 Å². The van der Waals surface area contributed by atoms with E-state index >= 15 is 0 Å². The van der Waals surface area contributed by atoms with Gasteiger partial charge in [0.2, 0.25) is 0 Å². The summed E-state index contributed by atoms with van der Waals surface area (Å²) in [5.41, 5.74) is 0.142. The molecular formula is C10H7N5O2. The second-order valence-electron chi connectivity index (χ2n) is 3.46. The van der Waals surface area contributed by atoms with E-state index in [0.717, 1.165) is 5.56 Å². The van der Waals surface area contributed by atoms with Gasteiger partial charge in [-0.25, -0.2) is 9.78 Å². The van der Waals surface area contributed by atoms with Crippen molar-refractivity contribution in [3.05, 3.63) is 45.4 Å². The molecule has 0 atom stereocenters. The summed E-state index contributed by atoms with van der Waals surface area (Å²) < 4.78 is 0. The fourth-order valence-electron chi connectivity index (χ4n) is 1.57. The van der Waals surface area contributed by atoms with Crippen molar-refractivity contribution in [3.63, 3.8) is 0 Å². The first-order valence-corrected chi connectivity index (χ1v) is 4.87. The summed E-state index contributed by atoms with van der Waals surface area (Å²) in [5, 5.41) is 0. The van der Waals surface area contributed by atoms with Gasteiger partial charge in [0, 0.05) is 18.0 Å². The Balaban J connectivity index is 2.31. The average Bonchev–Trinajstić information content (AvgIpc) is 2.74. The summed E-state index contributed by atoms with van der Waals surface area (Å²) in [6, 6.07) is 3.56. The molecule has 17 heavy (non-hydrogen) atoms. The van der Waals surface area contributed by atoms with Gasteiger partial charge in [-0.2, -0.15) is 0 Å². The minimum absolute atomic E-state index is 0.234. The highest BCUT2D eigenvalue weighted by Crippen LogP contribution is 2.15. The SMILES string of the molecule is O=c1[nH]c(=O)c2[nH]c(-c3cccnc3)nc2[nH]1. The van der Waals surface area contributed by atoms with Crippen molar-refractivity contribution in [2.45, 2.75) is 0 Å². The average molecular weight is 229 g/mol. The third kappa shape index (κ3) is 1.53. The van der Waals surface area contributed by atoms with Gasteiger partial charge >= 0.3 is 5.69 Å². The van der Waals surface area contributed by atoms with E-state index in [1.54, 1.807) is 24.5 Å². The van der Waals surface area contributed by atoms with Crippen molar-refractivity contribution in [1.82, 2.24) is 24.9 Å². The molecule has 0 spiro atoms. The van der Waals surface area contributed by atoms with E-state index in [4.69, 9.17) is 0 Å². The first-order chi connectivity index (χ1) is 8.24. The number of nitrogens with one attached hydrogen (secondary N) is 3. The smallest absolute Gasteiger partial charge is 0.327 e. The lowest BCUT2D eigenvalue weighted by atomic mass is 10.3. The molecule has 0 amide bonds. The van der Waals surface area contributed by atoms with Gasteiger partial charge in [0.05, 0.1) is 0 Å². The van der Waals surface area contributed by atoms with Crippen LogP contribution in [-0.4, -0.2) is 24.9 Å². The van der Waals surface area contributed by atoms with Gasteiger partial charge in [-0.05, 0) is 12.1 Å². The Morgan fingerprint density at radius 2 is 2.00 bits per heavy atom. The van der Waals surface area contributed by atoms with E-state index in [9.17, 15) is 9.59 Å². The molecule has 3 aromatic heterocycles. The van der Waals surface area contributed by atoms with Crippen molar-refractivity contribution in [2.75, 3.05) is 0 Å². The van der Waals surface area contributed by atoms with Crippen LogP contribution >= 0.6 is 0 Å². The molecule has 0 saturated carbocycles. The summed E-state index contributed by atoms with van der Waals surface area (Å²) in [6.07, 6.45) is 3.25. The maximum Gasteiger partial charge on any atom is 0.327 e. The number of imidazole rings is 1. The van der Waals surface area contributed by atoms with Gasteiger partial charge in [0.25, 0.3) is 5.56 Å². The molecule has 0 aliphatic carbocycles. The van der Waals surface area contributed by atoms with Crippen LogP contribution in [0.1, 0.15) is 0 Å². The molecule has 7 nitrogen and oxygen atoms in total. The fraction of sp³-hybridized carbons (Fsp3) is 0. The lowest BCUT2D eigenvalue weighted by Crippen LogP contribution is -2.21. The quantitative estimate of drug-likeness (QED) is 0.545. The zero-order valence-electron chi connectivity index (χ0n) is 8.52. The van der Waals surface area contributed by atoms with Crippen LogP contribution in [0.15, 0.2) is 34.1 Å². The van der Waals surface area contributed by atoms with Crippen molar-refractivity contribution in [1.29, 1.82) is 0 Å². The number of H-pyrrole nitrogens is 3. The fourth-order valence-corrected chi connectivity index (χ4v) is 1.57. The molecule has 0 aliphatic rings. The number of hydrogen-bond donors (Lipinski definition) is 3. The lowest BCUT2D eigenvalue weighted by molar-refractivity contribution is 1.07. The number of aromatic amines is 3. The van der Waals surface area contributed by atoms with Crippen LogP contribution < -0.4 is 11.2 Å². The van der Waals surface area contributed by atoms with Gasteiger partial charge in [0.15, 0.2) is 5.65 Å². The number of nitrogens with zero attached hydrogens (tertiary/aromatic N) is 2. The molecule has 0 saturated heterocycles. The van der Waals surface area contributed by atoms with E-state index in [-0.39, 0.29) is 11.2 Å². The van der Waals surface area contributed by atoms with E-state index in [1.807, 2.05) is 0 Å². The molecule has 0 unspecified atom stereocenters. The van der Waals surface area contributed by atoms with Crippen LogP contribution in [0.25, 0.3) is 22.6 Å². The Morgan fingerprint density at radius 3 is 2.76 bits per heavy atom. The highest BCUT2D eigenvalue weighted by Gasteiger charge is 2.08. The predicted molar refractivity (Wildman–Crippen MR) is 60.6 cm³/mol. The zero-order valence-corrected chi connectivity index (χ0v) is 8.52. The number of pyridine rings is 1. The van der Waals surface area contributed by atoms with Crippen molar-refractivity contribution in [2.24, 2.45) is 0 Å². The number of aromatic nitrogens is 5. The summed E-state index contributed by atoms with van der Waals surface area (Å²) in [5.74, 6) is 0.487. The Morgan fingerprint density at radius 1 is 1.12 bits per heavy atom. The van der Waals surface area contributed by atoms with E-state index in [2.05, 4.69) is 24.9 Å². The van der Waals surface area contributed by atoms with Gasteiger partial charge in [0.1, 0.15) is 11.3 Å². The topological polar surface area (TPSA) is 107 Å². The number of fused-ring (bicyclic) bond motifs is 1. The normalized spacial score (nSPS) is 10.8. The maximum absolute atomic E-state index is 11.5. The summed E-state index contributed by atoms with van der Waals surface area (Å²) in [4.78, 5) is 38.1. The van der Waals surface area contributed by atoms with Crippen molar-refractivity contribution >= 4 is 11.2 Å². The first kappa shape index (κ1) is 9.52. The number of hydrogen-bond acceptors (Lipinski definition) is 4. The second-order valence-corrected chi connectivity index (χ2v) is 3.46. The first-order valence-electron chi connectivity index (χ1n) is 4.87. The molecule has 0 fully saturated rings. The molecule has 3 heterocycles. The van der Waals surface area contributed by atoms with E-state index in [0.29, 0.717) is 5.82 Å². The minimum Gasteiger partial charge on any atom is -0.332 e. The van der Waals surface area contributed by atoms with Crippen LogP contribution in [0, 0.1) is 0 Å². The molecule has 0 aliphatic heterocycles. The molecule has 0 radical (unpaired) electrons. The molecule has 3 N–H and O–H groups in total. The summed E-state index contributed by atoms with van der Waals surface area (Å²) in [7, 11) is 0. The van der Waals surface area contributed by atoms with Crippen LogP contribution in [-0.2, 0) is 0 Å². The maximum atomic E-state index is 11.5. The van der Waals surface area contributed by atoms with Crippen molar-refractivity contribution in [3.8, 4) is 11.4 Å². The minimum atomic E-state index is -0.577. The third-order valence-corrected chi connectivity index (χ3v) is 2.32. The third-order valence-electron chi connectivity index (χ3n) is 2.32. The van der Waals surface area contributed by atoms with Crippen LogP contribution in [0.2, 0.25) is 0 Å². The summed E-state index contributed by atoms with van der Waals surface area (Å²) >= 11 is 0. The Bertz CT molecular complexity index is 784. The van der Waals surface area contributed by atoms with Crippen LogP contribution in [0.4, 0.5) is 0 Å². The largest absolute Gasteiger partial charge is 0.332 e.